The van der Waals surface area contributed by atoms with Gasteiger partial charge in [0, 0.05) is 18.8 Å². The van der Waals surface area contributed by atoms with E-state index in [1.54, 1.807) is 12.1 Å². The number of aliphatic imine (C=N–C) groups is 1. The third-order valence-electron chi connectivity index (χ3n) is 3.61. The van der Waals surface area contributed by atoms with Gasteiger partial charge in [-0.05, 0) is 43.5 Å². The maximum atomic E-state index is 13.1. The van der Waals surface area contributed by atoms with Crippen LogP contribution in [0.25, 0.3) is 0 Å². The molecule has 0 bridgehead atoms. The van der Waals surface area contributed by atoms with Gasteiger partial charge in [0.2, 0.25) is 5.91 Å². The Bertz CT molecular complexity index is 719. The third kappa shape index (κ3) is 7.34. The molecule has 0 spiro atoms. The molecule has 2 aromatic carbocycles. The molecule has 0 aliphatic carbocycles. The summed E-state index contributed by atoms with van der Waals surface area (Å²) >= 11 is 0. The van der Waals surface area contributed by atoms with Crippen LogP contribution >= 0.6 is 0 Å². The largest absolute Gasteiger partial charge is 0.357 e. The van der Waals surface area contributed by atoms with Crippen LogP contribution in [0, 0.1) is 5.82 Å². The van der Waals surface area contributed by atoms with Gasteiger partial charge < -0.3 is 16.0 Å². The summed E-state index contributed by atoms with van der Waals surface area (Å²) in [7, 11) is 0. The average molecular weight is 356 g/mol. The number of halogens is 1. The predicted octanol–water partition coefficient (Wildman–Crippen LogP) is 2.95. The number of nitrogens with one attached hydrogen (secondary N) is 3. The summed E-state index contributed by atoms with van der Waals surface area (Å²) in [6.45, 7) is 3.39. The number of hydrogen-bond donors (Lipinski definition) is 3. The summed E-state index contributed by atoms with van der Waals surface area (Å²) in [5.41, 5.74) is 1.72. The summed E-state index contributed by atoms with van der Waals surface area (Å²) in [6.07, 6.45) is 1.94. The molecule has 0 atom stereocenters. The van der Waals surface area contributed by atoms with Crippen LogP contribution in [0.4, 0.5) is 10.1 Å². The van der Waals surface area contributed by atoms with Crippen molar-refractivity contribution < 1.29 is 9.18 Å². The summed E-state index contributed by atoms with van der Waals surface area (Å²) in [6, 6.07) is 16.1. The van der Waals surface area contributed by atoms with E-state index in [4.69, 9.17) is 0 Å². The lowest BCUT2D eigenvalue weighted by Crippen LogP contribution is -2.38. The van der Waals surface area contributed by atoms with E-state index in [0.717, 1.165) is 19.4 Å². The Kier molecular flexibility index (Phi) is 8.12. The minimum Gasteiger partial charge on any atom is -0.357 e. The highest BCUT2D eigenvalue weighted by molar-refractivity contribution is 5.94. The molecule has 0 aliphatic heterocycles. The molecule has 0 radical (unpaired) electrons. The number of amides is 1. The van der Waals surface area contributed by atoms with Crippen LogP contribution in [0.5, 0.6) is 0 Å². The van der Waals surface area contributed by atoms with Gasteiger partial charge in [0.25, 0.3) is 0 Å². The SMILES string of the molecule is CCNC(=NCC(=O)Nc1cccc(F)c1)NCCCc1ccccc1. The first kappa shape index (κ1) is 19.4. The van der Waals surface area contributed by atoms with Crippen molar-refractivity contribution in [3.05, 3.63) is 66.0 Å². The third-order valence-corrected chi connectivity index (χ3v) is 3.61. The van der Waals surface area contributed by atoms with E-state index in [-0.39, 0.29) is 18.3 Å². The standard InChI is InChI=1S/C20H25FN4O/c1-2-22-20(23-13-7-10-16-8-4-3-5-9-16)24-15-19(26)25-18-12-6-11-17(21)14-18/h3-6,8-9,11-12,14H,2,7,10,13,15H2,1H3,(H,25,26)(H2,22,23,24). The highest BCUT2D eigenvalue weighted by Crippen LogP contribution is 2.08. The van der Waals surface area contributed by atoms with Gasteiger partial charge in [-0.15, -0.1) is 0 Å². The molecule has 0 aromatic heterocycles. The normalized spacial score (nSPS) is 11.1. The second-order valence-electron chi connectivity index (χ2n) is 5.77. The molecule has 1 amide bonds. The van der Waals surface area contributed by atoms with Crippen molar-refractivity contribution in [1.82, 2.24) is 10.6 Å². The van der Waals surface area contributed by atoms with Gasteiger partial charge in [-0.1, -0.05) is 36.4 Å². The Labute approximate surface area is 153 Å². The molecular weight excluding hydrogens is 331 g/mol. The Balaban J connectivity index is 1.77. The number of aryl methyl sites for hydroxylation is 1. The molecule has 5 nitrogen and oxygen atoms in total. The molecule has 3 N–H and O–H groups in total. The zero-order valence-electron chi connectivity index (χ0n) is 15.0. The second kappa shape index (κ2) is 10.9. The van der Waals surface area contributed by atoms with Gasteiger partial charge >= 0.3 is 0 Å². The van der Waals surface area contributed by atoms with E-state index >= 15 is 0 Å². The van der Waals surface area contributed by atoms with Crippen LogP contribution < -0.4 is 16.0 Å². The number of carbonyl (C=O) groups is 1. The van der Waals surface area contributed by atoms with Crippen molar-refractivity contribution in [3.8, 4) is 0 Å². The summed E-state index contributed by atoms with van der Waals surface area (Å²) in [5.74, 6) is -0.0910. The lowest BCUT2D eigenvalue weighted by Gasteiger charge is -2.11. The highest BCUT2D eigenvalue weighted by atomic mass is 19.1. The quantitative estimate of drug-likeness (QED) is 0.387. The fourth-order valence-electron chi connectivity index (χ4n) is 2.40. The fraction of sp³-hybridized carbons (Fsp3) is 0.300. The minimum atomic E-state index is -0.389. The number of nitrogens with zero attached hydrogens (tertiary/aromatic N) is 1. The summed E-state index contributed by atoms with van der Waals surface area (Å²) < 4.78 is 13.1. The summed E-state index contributed by atoms with van der Waals surface area (Å²) in [5, 5.41) is 8.95. The molecule has 0 heterocycles. The van der Waals surface area contributed by atoms with E-state index in [1.165, 1.54) is 17.7 Å². The lowest BCUT2D eigenvalue weighted by atomic mass is 10.1. The summed E-state index contributed by atoms with van der Waals surface area (Å²) in [4.78, 5) is 16.2. The van der Waals surface area contributed by atoms with E-state index in [1.807, 2.05) is 25.1 Å². The zero-order valence-corrected chi connectivity index (χ0v) is 15.0. The number of hydrogen-bond acceptors (Lipinski definition) is 2. The zero-order chi connectivity index (χ0) is 18.6. The highest BCUT2D eigenvalue weighted by Gasteiger charge is 2.04. The molecule has 26 heavy (non-hydrogen) atoms. The van der Waals surface area contributed by atoms with Crippen LogP contribution in [0.2, 0.25) is 0 Å². The molecule has 0 saturated heterocycles. The van der Waals surface area contributed by atoms with Crippen LogP contribution in [-0.2, 0) is 11.2 Å². The molecule has 0 saturated carbocycles. The first-order chi connectivity index (χ1) is 12.7. The Hall–Kier alpha value is -2.89. The van der Waals surface area contributed by atoms with Gasteiger partial charge in [-0.25, -0.2) is 9.38 Å². The lowest BCUT2D eigenvalue weighted by molar-refractivity contribution is -0.114. The second-order valence-corrected chi connectivity index (χ2v) is 5.77. The molecule has 0 aliphatic rings. The van der Waals surface area contributed by atoms with Crippen LogP contribution in [-0.4, -0.2) is 31.5 Å². The van der Waals surface area contributed by atoms with E-state index in [2.05, 4.69) is 33.1 Å². The van der Waals surface area contributed by atoms with Gasteiger partial charge in [0.05, 0.1) is 0 Å². The van der Waals surface area contributed by atoms with Crippen molar-refractivity contribution in [2.45, 2.75) is 19.8 Å². The molecular formula is C20H25FN4O. The number of carbonyl (C=O) groups excluding carboxylic acids is 1. The number of guanidine groups is 1. The molecule has 0 fully saturated rings. The van der Waals surface area contributed by atoms with Gasteiger partial charge in [0.15, 0.2) is 5.96 Å². The van der Waals surface area contributed by atoms with Crippen molar-refractivity contribution in [2.24, 2.45) is 4.99 Å². The molecule has 0 unspecified atom stereocenters. The topological polar surface area (TPSA) is 65.5 Å². The van der Waals surface area contributed by atoms with Crippen molar-refractivity contribution >= 4 is 17.6 Å². The smallest absolute Gasteiger partial charge is 0.246 e. The van der Waals surface area contributed by atoms with Crippen LogP contribution in [0.1, 0.15) is 18.9 Å². The van der Waals surface area contributed by atoms with Gasteiger partial charge in [-0.3, -0.25) is 4.79 Å². The minimum absolute atomic E-state index is 0.0372. The Morgan fingerprint density at radius 3 is 2.62 bits per heavy atom. The monoisotopic (exact) mass is 356 g/mol. The fourth-order valence-corrected chi connectivity index (χ4v) is 2.40. The van der Waals surface area contributed by atoms with E-state index < -0.39 is 0 Å². The van der Waals surface area contributed by atoms with E-state index in [0.29, 0.717) is 18.2 Å². The predicted molar refractivity (Wildman–Crippen MR) is 104 cm³/mol. The molecule has 138 valence electrons. The maximum absolute atomic E-state index is 13.1. The van der Waals surface area contributed by atoms with Gasteiger partial charge in [0.1, 0.15) is 12.4 Å². The van der Waals surface area contributed by atoms with E-state index in [9.17, 15) is 9.18 Å². The Morgan fingerprint density at radius 1 is 1.08 bits per heavy atom. The van der Waals surface area contributed by atoms with Crippen molar-refractivity contribution in [2.75, 3.05) is 25.0 Å². The molecule has 2 aromatic rings. The maximum Gasteiger partial charge on any atom is 0.246 e. The van der Waals surface area contributed by atoms with Crippen molar-refractivity contribution in [1.29, 1.82) is 0 Å². The Morgan fingerprint density at radius 2 is 1.88 bits per heavy atom. The molecule has 6 heteroatoms. The van der Waals surface area contributed by atoms with Crippen LogP contribution in [0.15, 0.2) is 59.6 Å². The number of benzene rings is 2. The van der Waals surface area contributed by atoms with Gasteiger partial charge in [-0.2, -0.15) is 0 Å². The first-order valence-corrected chi connectivity index (χ1v) is 8.79. The van der Waals surface area contributed by atoms with Crippen LogP contribution in [0.3, 0.4) is 0 Å². The number of rotatable bonds is 8. The number of anilines is 1. The molecule has 2 rings (SSSR count). The first-order valence-electron chi connectivity index (χ1n) is 8.79. The van der Waals surface area contributed by atoms with Crippen molar-refractivity contribution in [3.63, 3.8) is 0 Å². The average Bonchev–Trinajstić information content (AvgIpc) is 2.64.